The number of carbonyl (C=O) groups excluding carboxylic acids is 2. The lowest BCUT2D eigenvalue weighted by molar-refractivity contribution is -0.145. The first-order valence-electron chi connectivity index (χ1n) is 9.41. The lowest BCUT2D eigenvalue weighted by Crippen LogP contribution is -2.25. The topological polar surface area (TPSA) is 77.5 Å². The van der Waals surface area contributed by atoms with Crippen LogP contribution in [0.2, 0.25) is 0 Å². The van der Waals surface area contributed by atoms with Crippen LogP contribution in [0, 0.1) is 6.92 Å². The predicted octanol–water partition coefficient (Wildman–Crippen LogP) is 3.46. The maximum absolute atomic E-state index is 12.5. The number of aryl methyl sites for hydroxylation is 3. The fraction of sp³-hybridized carbons (Fsp3) is 0.364. The Labute approximate surface area is 165 Å². The summed E-state index contributed by atoms with van der Waals surface area (Å²) in [6.45, 7) is 3.38. The largest absolute Gasteiger partial charge is 0.454 e. The second-order valence-corrected chi connectivity index (χ2v) is 9.32. The molecule has 0 spiro atoms. The molecule has 0 saturated carbocycles. The number of esters is 1. The third-order valence-electron chi connectivity index (χ3n) is 5.02. The lowest BCUT2D eigenvalue weighted by atomic mass is 10.0. The highest BCUT2D eigenvalue weighted by molar-refractivity contribution is 7.91. The second kappa shape index (κ2) is 8.27. The molecule has 2 aromatic carbocycles. The number of sulfone groups is 1. The van der Waals surface area contributed by atoms with Gasteiger partial charge in [-0.25, -0.2) is 8.42 Å². The van der Waals surface area contributed by atoms with Crippen molar-refractivity contribution in [3.63, 3.8) is 0 Å². The van der Waals surface area contributed by atoms with Crippen LogP contribution in [0.4, 0.5) is 0 Å². The minimum absolute atomic E-state index is 0.174. The molecule has 1 aliphatic carbocycles. The number of Topliss-reactive ketones (excluding diaryl/α,β-unsaturated/α-hetero) is 1. The molecule has 0 aromatic heterocycles. The van der Waals surface area contributed by atoms with Gasteiger partial charge >= 0.3 is 5.97 Å². The van der Waals surface area contributed by atoms with Crippen LogP contribution in [-0.2, 0) is 32.2 Å². The van der Waals surface area contributed by atoms with Gasteiger partial charge in [-0.2, -0.15) is 0 Å². The predicted molar refractivity (Wildman–Crippen MR) is 106 cm³/mol. The Bertz CT molecular complexity index is 990. The van der Waals surface area contributed by atoms with Gasteiger partial charge in [0.25, 0.3) is 0 Å². The third kappa shape index (κ3) is 4.68. The summed E-state index contributed by atoms with van der Waals surface area (Å²) >= 11 is 0. The Morgan fingerprint density at radius 2 is 1.71 bits per heavy atom. The van der Waals surface area contributed by atoms with Crippen LogP contribution >= 0.6 is 0 Å². The zero-order valence-electron chi connectivity index (χ0n) is 16.1. The van der Waals surface area contributed by atoms with Gasteiger partial charge in [-0.15, -0.1) is 0 Å². The molecule has 1 atom stereocenters. The fourth-order valence-electron chi connectivity index (χ4n) is 3.35. The molecule has 1 aliphatic rings. The molecule has 0 aliphatic heterocycles. The maximum atomic E-state index is 12.5. The summed E-state index contributed by atoms with van der Waals surface area (Å²) in [4.78, 5) is 24.8. The average molecular weight is 400 g/mol. The molecule has 0 unspecified atom stereocenters. The highest BCUT2D eigenvalue weighted by Crippen LogP contribution is 2.23. The summed E-state index contributed by atoms with van der Waals surface area (Å²) in [5, 5.41) is 0. The molecule has 0 radical (unpaired) electrons. The van der Waals surface area contributed by atoms with E-state index in [1.54, 1.807) is 18.2 Å². The van der Waals surface area contributed by atoms with E-state index in [1.807, 2.05) is 19.1 Å². The molecular formula is C22H24O5S. The molecule has 0 heterocycles. The number of fused-ring (bicyclic) bond motifs is 1. The molecule has 3 rings (SSSR count). The highest BCUT2D eigenvalue weighted by atomic mass is 32.2. The number of rotatable bonds is 7. The quantitative estimate of drug-likeness (QED) is 0.525. The number of benzene rings is 2. The standard InChI is InChI=1S/C22H24O5S/c1-15-6-10-20(11-7-15)28(25,26)13-12-21(23)27-16(2)22(24)19-9-8-17-4-3-5-18(17)14-19/h6-11,14,16H,3-5,12-13H2,1-2H3/t16-/m1/s1. The zero-order chi connectivity index (χ0) is 20.3. The van der Waals surface area contributed by atoms with Crippen molar-refractivity contribution in [1.82, 2.24) is 0 Å². The fourth-order valence-corrected chi connectivity index (χ4v) is 4.57. The average Bonchev–Trinajstić information content (AvgIpc) is 3.14. The van der Waals surface area contributed by atoms with Crippen molar-refractivity contribution in [2.24, 2.45) is 0 Å². The van der Waals surface area contributed by atoms with Crippen LogP contribution < -0.4 is 0 Å². The van der Waals surface area contributed by atoms with Crippen LogP contribution in [0.15, 0.2) is 47.4 Å². The van der Waals surface area contributed by atoms with Crippen LogP contribution in [0.1, 0.15) is 46.8 Å². The van der Waals surface area contributed by atoms with E-state index in [4.69, 9.17) is 4.74 Å². The Morgan fingerprint density at radius 1 is 1.04 bits per heavy atom. The van der Waals surface area contributed by atoms with Gasteiger partial charge in [0.1, 0.15) is 0 Å². The van der Waals surface area contributed by atoms with Crippen LogP contribution in [0.25, 0.3) is 0 Å². The summed E-state index contributed by atoms with van der Waals surface area (Å²) in [7, 11) is -3.57. The normalized spacial score (nSPS) is 14.4. The van der Waals surface area contributed by atoms with Gasteiger partial charge in [-0.3, -0.25) is 9.59 Å². The number of ether oxygens (including phenoxy) is 1. The zero-order valence-corrected chi connectivity index (χ0v) is 16.9. The van der Waals surface area contributed by atoms with Gasteiger partial charge < -0.3 is 4.74 Å². The minimum Gasteiger partial charge on any atom is -0.454 e. The lowest BCUT2D eigenvalue weighted by Gasteiger charge is -2.13. The molecule has 148 valence electrons. The first-order valence-corrected chi connectivity index (χ1v) is 11.1. The third-order valence-corrected chi connectivity index (χ3v) is 6.75. The smallest absolute Gasteiger partial charge is 0.307 e. The van der Waals surface area contributed by atoms with E-state index in [-0.39, 0.29) is 22.9 Å². The Morgan fingerprint density at radius 3 is 2.43 bits per heavy atom. The molecule has 0 amide bonds. The van der Waals surface area contributed by atoms with Gasteiger partial charge in [0.05, 0.1) is 17.1 Å². The first kappa shape index (κ1) is 20.3. The summed E-state index contributed by atoms with van der Waals surface area (Å²) in [5.74, 6) is -1.32. The van der Waals surface area contributed by atoms with E-state index in [1.165, 1.54) is 30.2 Å². The second-order valence-electron chi connectivity index (χ2n) is 7.22. The van der Waals surface area contributed by atoms with E-state index in [9.17, 15) is 18.0 Å². The molecule has 6 heteroatoms. The van der Waals surface area contributed by atoms with Crippen molar-refractivity contribution < 1.29 is 22.7 Å². The molecule has 0 saturated heterocycles. The number of ketones is 1. The number of hydrogen-bond acceptors (Lipinski definition) is 5. The van der Waals surface area contributed by atoms with Gasteiger partial charge in [-0.1, -0.05) is 29.8 Å². The van der Waals surface area contributed by atoms with Crippen LogP contribution in [-0.4, -0.2) is 32.0 Å². The van der Waals surface area contributed by atoms with Crippen molar-refractivity contribution in [1.29, 1.82) is 0 Å². The van der Waals surface area contributed by atoms with Crippen molar-refractivity contribution in [2.75, 3.05) is 5.75 Å². The molecule has 0 N–H and O–H groups in total. The molecule has 2 aromatic rings. The summed E-state index contributed by atoms with van der Waals surface area (Å²) < 4.78 is 29.8. The highest BCUT2D eigenvalue weighted by Gasteiger charge is 2.23. The van der Waals surface area contributed by atoms with Gasteiger partial charge in [0.15, 0.2) is 15.9 Å². The minimum atomic E-state index is -3.57. The molecule has 28 heavy (non-hydrogen) atoms. The van der Waals surface area contributed by atoms with E-state index < -0.39 is 21.9 Å². The Kier molecular flexibility index (Phi) is 5.98. The van der Waals surface area contributed by atoms with Gasteiger partial charge in [0, 0.05) is 5.56 Å². The summed E-state index contributed by atoms with van der Waals surface area (Å²) in [5.41, 5.74) is 3.92. The summed E-state index contributed by atoms with van der Waals surface area (Å²) in [6, 6.07) is 12.1. The molecular weight excluding hydrogens is 376 g/mol. The van der Waals surface area contributed by atoms with E-state index >= 15 is 0 Å². The van der Waals surface area contributed by atoms with Crippen molar-refractivity contribution in [3.05, 3.63) is 64.7 Å². The maximum Gasteiger partial charge on any atom is 0.307 e. The van der Waals surface area contributed by atoms with E-state index in [0.717, 1.165) is 24.8 Å². The van der Waals surface area contributed by atoms with Gasteiger partial charge in [0.2, 0.25) is 5.78 Å². The monoisotopic (exact) mass is 400 g/mol. The number of hydrogen-bond donors (Lipinski definition) is 0. The number of carbonyl (C=O) groups is 2. The first-order chi connectivity index (χ1) is 13.3. The van der Waals surface area contributed by atoms with Crippen molar-refractivity contribution >= 4 is 21.6 Å². The Balaban J connectivity index is 1.56. The Hall–Kier alpha value is -2.47. The van der Waals surface area contributed by atoms with Gasteiger partial charge in [-0.05, 0) is 62.4 Å². The van der Waals surface area contributed by atoms with Crippen LogP contribution in [0.5, 0.6) is 0 Å². The molecule has 0 bridgehead atoms. The van der Waals surface area contributed by atoms with Crippen molar-refractivity contribution in [3.8, 4) is 0 Å². The SMILES string of the molecule is Cc1ccc(S(=O)(=O)CCC(=O)O[C@H](C)C(=O)c2ccc3c(c2)CCC3)cc1. The van der Waals surface area contributed by atoms with Crippen molar-refractivity contribution in [2.45, 2.75) is 50.5 Å². The summed E-state index contributed by atoms with van der Waals surface area (Å²) in [6.07, 6.45) is 1.84. The molecule has 0 fully saturated rings. The van der Waals surface area contributed by atoms with E-state index in [2.05, 4.69) is 0 Å². The molecule has 5 nitrogen and oxygen atoms in total. The van der Waals surface area contributed by atoms with E-state index in [0.29, 0.717) is 5.56 Å². The van der Waals surface area contributed by atoms with Crippen LogP contribution in [0.3, 0.4) is 0 Å².